The molecule has 3 atom stereocenters. The lowest BCUT2D eigenvalue weighted by Crippen LogP contribution is -2.47. The van der Waals surface area contributed by atoms with Gasteiger partial charge in [-0.15, -0.1) is 0 Å². The molecule has 0 fully saturated rings. The maximum atomic E-state index is 13.0. The summed E-state index contributed by atoms with van der Waals surface area (Å²) in [4.78, 5) is 63.0. The summed E-state index contributed by atoms with van der Waals surface area (Å²) in [6, 6.07) is 8.94. The number of nitrogens with one attached hydrogen (secondary N) is 2. The number of aryl methyl sites for hydroxylation is 2. The lowest BCUT2D eigenvalue weighted by molar-refractivity contribution is -0.150. The quantitative estimate of drug-likeness (QED) is 0.139. The molecule has 1 aliphatic carbocycles. The fraction of sp³-hybridized carbons (Fsp3) is 0.553. The third-order valence-corrected chi connectivity index (χ3v) is 7.81. The number of carbonyl (C=O) groups is 5. The molecule has 3 N–H and O–H groups in total. The molecule has 274 valence electrons. The van der Waals surface area contributed by atoms with Crippen LogP contribution in [0.3, 0.4) is 0 Å². The fourth-order valence-corrected chi connectivity index (χ4v) is 5.32. The number of aliphatic hydroxyl groups is 1. The number of Topliss-reactive ketones (excluding diaryl/α,β-unsaturated/α-hetero) is 1. The Kier molecular flexibility index (Phi) is 13.2. The van der Waals surface area contributed by atoms with Gasteiger partial charge in [-0.2, -0.15) is 0 Å². The van der Waals surface area contributed by atoms with Gasteiger partial charge in [0.2, 0.25) is 0 Å². The standard InChI is InChI=1S/C38H52N2O10/c1-21(2)31(39-35(45)49-37(5,6)7)33(43)47-19-29(41)25-13-15-27-23(17-25)11-12-24-18-26(14-16-28(24)27)30(42)20-48-34(44)32(22(3)4)40-36(46)50-38(8,9)10/h13-18,21-22,29,31-32,41H,11-12,19-20H2,1-10H3,(H,39,45)(H,40,46). The summed E-state index contributed by atoms with van der Waals surface area (Å²) in [6.07, 6.45) is -1.27. The summed E-state index contributed by atoms with van der Waals surface area (Å²) >= 11 is 0. The van der Waals surface area contributed by atoms with Gasteiger partial charge in [0.05, 0.1) is 0 Å². The summed E-state index contributed by atoms with van der Waals surface area (Å²) in [5.41, 5.74) is 3.38. The minimum Gasteiger partial charge on any atom is -0.461 e. The predicted octanol–water partition coefficient (Wildman–Crippen LogP) is 5.85. The summed E-state index contributed by atoms with van der Waals surface area (Å²) in [5, 5.41) is 15.9. The van der Waals surface area contributed by atoms with Crippen LogP contribution in [-0.4, -0.2) is 71.5 Å². The van der Waals surface area contributed by atoms with E-state index in [1.807, 2.05) is 18.2 Å². The van der Waals surface area contributed by atoms with Crippen LogP contribution in [0, 0.1) is 11.8 Å². The number of alkyl carbamates (subject to hydrolysis) is 2. The zero-order chi connectivity index (χ0) is 37.6. The molecule has 0 saturated carbocycles. The molecule has 2 amide bonds. The summed E-state index contributed by atoms with van der Waals surface area (Å²) in [5.74, 6) is -2.34. The van der Waals surface area contributed by atoms with Crippen LogP contribution >= 0.6 is 0 Å². The Morgan fingerprint density at radius 2 is 1.16 bits per heavy atom. The van der Waals surface area contributed by atoms with Gasteiger partial charge < -0.3 is 34.7 Å². The number of esters is 2. The molecule has 0 bridgehead atoms. The Labute approximate surface area is 294 Å². The number of carbonyl (C=O) groups excluding carboxylic acids is 5. The second kappa shape index (κ2) is 16.5. The van der Waals surface area contributed by atoms with Crippen molar-refractivity contribution in [2.75, 3.05) is 13.2 Å². The monoisotopic (exact) mass is 696 g/mol. The number of hydrogen-bond acceptors (Lipinski definition) is 10. The van der Waals surface area contributed by atoms with E-state index in [-0.39, 0.29) is 24.2 Å². The van der Waals surface area contributed by atoms with E-state index >= 15 is 0 Å². The second-order valence-corrected chi connectivity index (χ2v) is 15.2. The molecule has 0 spiro atoms. The number of ether oxygens (including phenoxy) is 4. The van der Waals surface area contributed by atoms with Crippen LogP contribution in [0.1, 0.15) is 102 Å². The molecule has 1 aliphatic rings. The fourth-order valence-electron chi connectivity index (χ4n) is 5.32. The first-order valence-electron chi connectivity index (χ1n) is 16.9. The van der Waals surface area contributed by atoms with Crippen molar-refractivity contribution in [2.24, 2.45) is 11.8 Å². The molecule has 0 saturated heterocycles. The molecule has 3 unspecified atom stereocenters. The van der Waals surface area contributed by atoms with Crippen molar-refractivity contribution in [3.63, 3.8) is 0 Å². The molecule has 3 rings (SSSR count). The van der Waals surface area contributed by atoms with Crippen molar-refractivity contribution in [3.8, 4) is 11.1 Å². The van der Waals surface area contributed by atoms with Gasteiger partial charge in [0, 0.05) is 5.56 Å². The highest BCUT2D eigenvalue weighted by Gasteiger charge is 2.30. The highest BCUT2D eigenvalue weighted by atomic mass is 16.6. The Hall–Kier alpha value is -4.45. The van der Waals surface area contributed by atoms with Crippen LogP contribution in [0.2, 0.25) is 0 Å². The van der Waals surface area contributed by atoms with Gasteiger partial charge in [-0.3, -0.25) is 4.79 Å². The van der Waals surface area contributed by atoms with E-state index in [9.17, 15) is 29.1 Å². The van der Waals surface area contributed by atoms with Crippen molar-refractivity contribution < 1.29 is 48.0 Å². The first kappa shape index (κ1) is 40.0. The van der Waals surface area contributed by atoms with Gasteiger partial charge in [-0.1, -0.05) is 58.0 Å². The zero-order valence-electron chi connectivity index (χ0n) is 30.8. The normalized spacial score (nSPS) is 14.4. The molecule has 12 heteroatoms. The highest BCUT2D eigenvalue weighted by Crippen LogP contribution is 2.35. The number of benzene rings is 2. The molecule has 0 aliphatic heterocycles. The van der Waals surface area contributed by atoms with Crippen molar-refractivity contribution in [1.82, 2.24) is 10.6 Å². The third kappa shape index (κ3) is 11.6. The van der Waals surface area contributed by atoms with Crippen LogP contribution in [0.25, 0.3) is 11.1 Å². The molecule has 50 heavy (non-hydrogen) atoms. The van der Waals surface area contributed by atoms with Gasteiger partial charge in [-0.25, -0.2) is 19.2 Å². The van der Waals surface area contributed by atoms with E-state index in [1.54, 1.807) is 87.4 Å². The van der Waals surface area contributed by atoms with Crippen molar-refractivity contribution in [2.45, 2.75) is 111 Å². The topological polar surface area (TPSA) is 167 Å². The number of hydrogen-bond donors (Lipinski definition) is 3. The highest BCUT2D eigenvalue weighted by molar-refractivity contribution is 5.99. The molecule has 2 aromatic carbocycles. The van der Waals surface area contributed by atoms with E-state index < -0.39 is 60.1 Å². The maximum Gasteiger partial charge on any atom is 0.408 e. The number of amides is 2. The molecule has 0 radical (unpaired) electrons. The second-order valence-electron chi connectivity index (χ2n) is 15.2. The van der Waals surface area contributed by atoms with Crippen LogP contribution in [-0.2, 0) is 41.4 Å². The average molecular weight is 697 g/mol. The van der Waals surface area contributed by atoms with Crippen LogP contribution < -0.4 is 10.6 Å². The molecular formula is C38H52N2O10. The Balaban J connectivity index is 1.62. The smallest absolute Gasteiger partial charge is 0.408 e. The van der Waals surface area contributed by atoms with Gasteiger partial charge in [0.1, 0.15) is 36.0 Å². The van der Waals surface area contributed by atoms with E-state index in [0.29, 0.717) is 24.0 Å². The minimum absolute atomic E-state index is 0.271. The van der Waals surface area contributed by atoms with E-state index in [4.69, 9.17) is 18.9 Å². The van der Waals surface area contributed by atoms with Crippen molar-refractivity contribution >= 4 is 29.9 Å². The number of aliphatic hydroxyl groups excluding tert-OH is 1. The SMILES string of the molecule is CC(C)C(NC(=O)OC(C)(C)C)C(=O)OCC(=O)c1ccc2c(c1)CCc1cc(C(O)COC(=O)C(NC(=O)OC(C)(C)C)C(C)C)ccc1-2. The Bertz CT molecular complexity index is 1570. The molecule has 0 heterocycles. The summed E-state index contributed by atoms with van der Waals surface area (Å²) < 4.78 is 21.2. The number of fused-ring (bicyclic) bond motifs is 3. The first-order chi connectivity index (χ1) is 23.1. The lowest BCUT2D eigenvalue weighted by Gasteiger charge is -2.25. The zero-order valence-corrected chi connectivity index (χ0v) is 30.8. The van der Waals surface area contributed by atoms with Crippen LogP contribution in [0.4, 0.5) is 9.59 Å². The number of ketones is 1. The average Bonchev–Trinajstić information content (AvgIpc) is 3.00. The predicted molar refractivity (Wildman–Crippen MR) is 186 cm³/mol. The Morgan fingerprint density at radius 1 is 0.700 bits per heavy atom. The first-order valence-corrected chi connectivity index (χ1v) is 16.9. The van der Waals surface area contributed by atoms with Crippen molar-refractivity contribution in [3.05, 3.63) is 58.7 Å². The molecule has 0 aromatic heterocycles. The van der Waals surface area contributed by atoms with Crippen LogP contribution in [0.15, 0.2) is 36.4 Å². The molecular weight excluding hydrogens is 644 g/mol. The largest absolute Gasteiger partial charge is 0.461 e. The van der Waals surface area contributed by atoms with Gasteiger partial charge in [0.25, 0.3) is 0 Å². The lowest BCUT2D eigenvalue weighted by atomic mass is 9.83. The Morgan fingerprint density at radius 3 is 1.64 bits per heavy atom. The van der Waals surface area contributed by atoms with Crippen LogP contribution in [0.5, 0.6) is 0 Å². The molecule has 2 aromatic rings. The van der Waals surface area contributed by atoms with E-state index in [0.717, 1.165) is 22.3 Å². The van der Waals surface area contributed by atoms with Gasteiger partial charge in [-0.05, 0) is 100 Å². The summed E-state index contributed by atoms with van der Waals surface area (Å²) in [7, 11) is 0. The van der Waals surface area contributed by atoms with E-state index in [1.165, 1.54) is 0 Å². The van der Waals surface area contributed by atoms with Gasteiger partial charge in [0.15, 0.2) is 12.4 Å². The maximum absolute atomic E-state index is 13.0. The van der Waals surface area contributed by atoms with Crippen molar-refractivity contribution in [1.29, 1.82) is 0 Å². The number of rotatable bonds is 12. The third-order valence-electron chi connectivity index (χ3n) is 7.81. The van der Waals surface area contributed by atoms with Gasteiger partial charge >= 0.3 is 24.1 Å². The minimum atomic E-state index is -1.09. The molecule has 12 nitrogen and oxygen atoms in total. The summed E-state index contributed by atoms with van der Waals surface area (Å²) in [6.45, 7) is 16.6. The van der Waals surface area contributed by atoms with E-state index in [2.05, 4.69) is 10.6 Å².